The van der Waals surface area contributed by atoms with E-state index in [0.717, 1.165) is 25.6 Å². The van der Waals surface area contributed by atoms with Crippen molar-refractivity contribution in [3.63, 3.8) is 0 Å². The largest absolute Gasteiger partial charge is 0.459 e. The number of benzene rings is 1. The van der Waals surface area contributed by atoms with Crippen LogP contribution in [0.25, 0.3) is 11.0 Å². The molecule has 0 bridgehead atoms. The average Bonchev–Trinajstić information content (AvgIpc) is 2.81. The van der Waals surface area contributed by atoms with Crippen molar-refractivity contribution in [2.45, 2.75) is 13.0 Å². The number of pyridine rings is 1. The fraction of sp³-hybridized carbons (Fsp3) is 0.133. The summed E-state index contributed by atoms with van der Waals surface area (Å²) in [4.78, 5) is 4.36. The summed E-state index contributed by atoms with van der Waals surface area (Å²) >= 11 is 6.87. The van der Waals surface area contributed by atoms with Crippen LogP contribution in [-0.4, -0.2) is 4.98 Å². The van der Waals surface area contributed by atoms with Gasteiger partial charge in [-0.15, -0.1) is 0 Å². The lowest BCUT2D eigenvalue weighted by molar-refractivity contribution is 0.520. The van der Waals surface area contributed by atoms with E-state index < -0.39 is 6.04 Å². The predicted octanol–water partition coefficient (Wildman–Crippen LogP) is 4.71. The molecule has 2 N–H and O–H groups in total. The van der Waals surface area contributed by atoms with Gasteiger partial charge in [0.25, 0.3) is 0 Å². The number of rotatable bonds is 2. The van der Waals surface area contributed by atoms with Crippen molar-refractivity contribution in [3.8, 4) is 0 Å². The zero-order valence-corrected chi connectivity index (χ0v) is 13.9. The minimum atomic E-state index is -0.398. The van der Waals surface area contributed by atoms with E-state index in [0.29, 0.717) is 5.76 Å². The zero-order valence-electron chi connectivity index (χ0n) is 10.7. The van der Waals surface area contributed by atoms with Crippen molar-refractivity contribution in [3.05, 3.63) is 62.5 Å². The molecule has 0 fully saturated rings. The molecule has 0 spiro atoms. The lowest BCUT2D eigenvalue weighted by Crippen LogP contribution is -2.13. The summed E-state index contributed by atoms with van der Waals surface area (Å²) in [5, 5.41) is 1.06. The number of fused-ring (bicyclic) bond motifs is 1. The molecule has 0 amide bonds. The van der Waals surface area contributed by atoms with E-state index in [-0.39, 0.29) is 0 Å². The first kappa shape index (κ1) is 13.8. The number of halogens is 2. The van der Waals surface area contributed by atoms with Crippen molar-refractivity contribution in [1.82, 2.24) is 4.98 Å². The zero-order chi connectivity index (χ0) is 14.3. The highest BCUT2D eigenvalue weighted by Gasteiger charge is 2.18. The van der Waals surface area contributed by atoms with E-state index in [1.807, 2.05) is 24.3 Å². The Kier molecular flexibility index (Phi) is 3.67. The predicted molar refractivity (Wildman–Crippen MR) is 86.6 cm³/mol. The van der Waals surface area contributed by atoms with Crippen LogP contribution in [0, 0.1) is 6.92 Å². The summed E-state index contributed by atoms with van der Waals surface area (Å²) in [7, 11) is 0. The Balaban J connectivity index is 2.05. The summed E-state index contributed by atoms with van der Waals surface area (Å²) in [6, 6.07) is 9.57. The van der Waals surface area contributed by atoms with Gasteiger partial charge in [-0.3, -0.25) is 4.98 Å². The molecule has 0 saturated carbocycles. The average molecular weight is 396 g/mol. The highest BCUT2D eigenvalue weighted by atomic mass is 79.9. The molecule has 3 rings (SSSR count). The minimum absolute atomic E-state index is 0.398. The molecule has 2 heterocycles. The van der Waals surface area contributed by atoms with E-state index in [2.05, 4.69) is 49.8 Å². The molecule has 2 aromatic heterocycles. The van der Waals surface area contributed by atoms with Crippen LogP contribution in [0.3, 0.4) is 0 Å². The molecule has 5 heteroatoms. The highest BCUT2D eigenvalue weighted by molar-refractivity contribution is 9.11. The maximum Gasteiger partial charge on any atom is 0.134 e. The van der Waals surface area contributed by atoms with E-state index in [9.17, 15) is 0 Å². The summed E-state index contributed by atoms with van der Waals surface area (Å²) in [5.74, 6) is 0.709. The van der Waals surface area contributed by atoms with Crippen LogP contribution in [-0.2, 0) is 0 Å². The van der Waals surface area contributed by atoms with Gasteiger partial charge in [-0.1, -0.05) is 11.6 Å². The molecular weight excluding hydrogens is 384 g/mol. The maximum atomic E-state index is 6.27. The van der Waals surface area contributed by atoms with Crippen molar-refractivity contribution in [2.24, 2.45) is 5.73 Å². The van der Waals surface area contributed by atoms with E-state index in [4.69, 9.17) is 10.2 Å². The van der Waals surface area contributed by atoms with Crippen LogP contribution in [0.15, 0.2) is 49.9 Å². The lowest BCUT2D eigenvalue weighted by atomic mass is 10.1. The second-order valence-corrected chi connectivity index (χ2v) is 6.46. The first-order valence-electron chi connectivity index (χ1n) is 6.11. The molecule has 0 aliphatic carbocycles. The second-order valence-electron chi connectivity index (χ2n) is 4.69. The first-order valence-corrected chi connectivity index (χ1v) is 7.70. The van der Waals surface area contributed by atoms with Crippen molar-refractivity contribution < 1.29 is 4.42 Å². The monoisotopic (exact) mass is 394 g/mol. The van der Waals surface area contributed by atoms with Crippen molar-refractivity contribution in [1.29, 1.82) is 0 Å². The van der Waals surface area contributed by atoms with Gasteiger partial charge in [-0.2, -0.15) is 0 Å². The van der Waals surface area contributed by atoms with Gasteiger partial charge in [-0.25, -0.2) is 0 Å². The highest BCUT2D eigenvalue weighted by Crippen LogP contribution is 2.30. The third-order valence-corrected chi connectivity index (χ3v) is 4.20. The Bertz CT molecular complexity index is 783. The fourth-order valence-electron chi connectivity index (χ4n) is 2.13. The molecule has 102 valence electrons. The third-order valence-electron chi connectivity index (χ3n) is 3.13. The Morgan fingerprint density at radius 3 is 2.75 bits per heavy atom. The third kappa shape index (κ3) is 2.53. The number of furan rings is 1. The summed E-state index contributed by atoms with van der Waals surface area (Å²) < 4.78 is 7.59. The number of hydrogen-bond donors (Lipinski definition) is 1. The van der Waals surface area contributed by atoms with Gasteiger partial charge in [0.2, 0.25) is 0 Å². The molecule has 0 aliphatic rings. The molecule has 20 heavy (non-hydrogen) atoms. The smallest absolute Gasteiger partial charge is 0.134 e. The molecular formula is C15H12Br2N2O. The molecule has 0 saturated heterocycles. The standard InChI is InChI=1S/C15H12Br2N2O/c1-8-2-3-12-9(4-8)5-13(20-12)14(18)15-11(17)6-10(16)7-19-15/h2-7,14H,18H2,1H3. The molecule has 1 aromatic carbocycles. The Morgan fingerprint density at radius 2 is 2.00 bits per heavy atom. The van der Waals surface area contributed by atoms with Gasteiger partial charge < -0.3 is 10.2 Å². The Hall–Kier alpha value is -1.17. The molecule has 1 unspecified atom stereocenters. The summed E-state index contributed by atoms with van der Waals surface area (Å²) in [6.45, 7) is 2.05. The molecule has 0 radical (unpaired) electrons. The van der Waals surface area contributed by atoms with Gasteiger partial charge in [0.05, 0.1) is 5.69 Å². The van der Waals surface area contributed by atoms with Crippen LogP contribution in [0.2, 0.25) is 0 Å². The number of nitrogens with zero attached hydrogens (tertiary/aromatic N) is 1. The SMILES string of the molecule is Cc1ccc2oc(C(N)c3ncc(Br)cc3Br)cc2c1. The maximum absolute atomic E-state index is 6.27. The normalized spacial score (nSPS) is 12.8. The van der Waals surface area contributed by atoms with Crippen LogP contribution < -0.4 is 5.73 Å². The van der Waals surface area contributed by atoms with E-state index in [1.165, 1.54) is 5.56 Å². The number of hydrogen-bond acceptors (Lipinski definition) is 3. The number of nitrogens with two attached hydrogens (primary N) is 1. The van der Waals surface area contributed by atoms with Gasteiger partial charge >= 0.3 is 0 Å². The van der Waals surface area contributed by atoms with Gasteiger partial charge in [-0.05, 0) is 63.0 Å². The lowest BCUT2D eigenvalue weighted by Gasteiger charge is -2.10. The quantitative estimate of drug-likeness (QED) is 0.683. The van der Waals surface area contributed by atoms with Gasteiger partial charge in [0, 0.05) is 20.5 Å². The van der Waals surface area contributed by atoms with E-state index in [1.54, 1.807) is 6.20 Å². The fourth-order valence-corrected chi connectivity index (χ4v) is 3.36. The Morgan fingerprint density at radius 1 is 1.20 bits per heavy atom. The minimum Gasteiger partial charge on any atom is -0.459 e. The van der Waals surface area contributed by atoms with Crippen molar-refractivity contribution >= 4 is 42.8 Å². The molecule has 3 aromatic rings. The summed E-state index contributed by atoms with van der Waals surface area (Å²) in [5.41, 5.74) is 9.06. The van der Waals surface area contributed by atoms with Gasteiger partial charge in [0.1, 0.15) is 17.4 Å². The number of aromatic nitrogens is 1. The number of aryl methyl sites for hydroxylation is 1. The van der Waals surface area contributed by atoms with Crippen LogP contribution in [0.4, 0.5) is 0 Å². The van der Waals surface area contributed by atoms with Crippen LogP contribution in [0.5, 0.6) is 0 Å². The van der Waals surface area contributed by atoms with Crippen LogP contribution >= 0.6 is 31.9 Å². The molecule has 3 nitrogen and oxygen atoms in total. The second kappa shape index (κ2) is 5.31. The Labute approximate surface area is 133 Å². The van der Waals surface area contributed by atoms with Crippen LogP contribution in [0.1, 0.15) is 23.1 Å². The summed E-state index contributed by atoms with van der Waals surface area (Å²) in [6.07, 6.45) is 1.73. The molecule has 0 aliphatic heterocycles. The van der Waals surface area contributed by atoms with Crippen molar-refractivity contribution in [2.75, 3.05) is 0 Å². The van der Waals surface area contributed by atoms with Gasteiger partial charge in [0.15, 0.2) is 0 Å². The molecule has 1 atom stereocenters. The first-order chi connectivity index (χ1) is 9.54. The topological polar surface area (TPSA) is 52.0 Å². The van der Waals surface area contributed by atoms with E-state index >= 15 is 0 Å².